The summed E-state index contributed by atoms with van der Waals surface area (Å²) in [6.07, 6.45) is 0.875. The van der Waals surface area contributed by atoms with E-state index in [2.05, 4.69) is 10.0 Å². The van der Waals surface area contributed by atoms with Gasteiger partial charge in [-0.2, -0.15) is 0 Å². The van der Waals surface area contributed by atoms with E-state index in [4.69, 9.17) is 10.3 Å². The highest BCUT2D eigenvalue weighted by Gasteiger charge is 2.21. The molecule has 1 aliphatic heterocycles. The summed E-state index contributed by atoms with van der Waals surface area (Å²) >= 11 is 1.57. The van der Waals surface area contributed by atoms with Gasteiger partial charge in [0.1, 0.15) is 11.3 Å². The van der Waals surface area contributed by atoms with Crippen LogP contribution in [0, 0.1) is 0 Å². The number of benzene rings is 1. The van der Waals surface area contributed by atoms with Crippen molar-refractivity contribution >= 4 is 17.7 Å². The maximum absolute atomic E-state index is 11.3. The topological polar surface area (TPSA) is 95.3 Å². The van der Waals surface area contributed by atoms with Crippen LogP contribution in [-0.2, 0) is 0 Å². The van der Waals surface area contributed by atoms with Crippen LogP contribution in [-0.4, -0.2) is 23.4 Å². The van der Waals surface area contributed by atoms with Crippen LogP contribution in [0.5, 0.6) is 5.75 Å². The largest absolute Gasteiger partial charge is 0.491 e. The molecule has 1 atom stereocenters. The summed E-state index contributed by atoms with van der Waals surface area (Å²) in [7, 11) is 0. The first-order chi connectivity index (χ1) is 9.13. The van der Waals surface area contributed by atoms with Gasteiger partial charge in [-0.25, -0.2) is 4.79 Å². The number of carbonyl (C=O) groups is 1. The first kappa shape index (κ1) is 13.6. The van der Waals surface area contributed by atoms with Gasteiger partial charge in [0.15, 0.2) is 0 Å². The molecular weight excluding hydrogens is 266 g/mol. The summed E-state index contributed by atoms with van der Waals surface area (Å²) < 4.78 is 5.53. The zero-order valence-electron chi connectivity index (χ0n) is 10.4. The number of carboxylic acids is 1. The summed E-state index contributed by atoms with van der Waals surface area (Å²) in [5.41, 5.74) is 9.29. The molecule has 100 valence electrons. The Morgan fingerprint density at radius 1 is 1.63 bits per heavy atom. The second kappa shape index (κ2) is 5.86. The first-order valence-corrected chi connectivity index (χ1v) is 6.83. The number of carboxylic acid groups (broad SMARTS) is 1. The van der Waals surface area contributed by atoms with Crippen molar-refractivity contribution in [3.8, 4) is 5.75 Å². The van der Waals surface area contributed by atoms with Gasteiger partial charge in [0.2, 0.25) is 0 Å². The molecule has 19 heavy (non-hydrogen) atoms. The van der Waals surface area contributed by atoms with E-state index >= 15 is 0 Å². The minimum absolute atomic E-state index is 0.127. The van der Waals surface area contributed by atoms with Crippen molar-refractivity contribution in [1.29, 1.82) is 0 Å². The fourth-order valence-corrected chi connectivity index (χ4v) is 2.84. The molecule has 1 aromatic rings. The van der Waals surface area contributed by atoms with Crippen LogP contribution in [0.2, 0.25) is 0 Å². The molecule has 1 unspecified atom stereocenters. The fraction of sp³-hybridized carbons (Fsp3) is 0.417. The molecule has 0 aromatic heterocycles. The Hall–Kier alpha value is -1.85. The molecular formula is C12H13N3O3S. The Balaban J connectivity index is 2.54. The first-order valence-electron chi connectivity index (χ1n) is 5.84. The molecule has 6 nitrogen and oxygen atoms in total. The Morgan fingerprint density at radius 2 is 2.42 bits per heavy atom. The predicted octanol–water partition coefficient (Wildman–Crippen LogP) is 3.63. The summed E-state index contributed by atoms with van der Waals surface area (Å²) in [6.45, 7) is 2.25. The summed E-state index contributed by atoms with van der Waals surface area (Å²) in [5, 5.41) is 12.9. The highest BCUT2D eigenvalue weighted by atomic mass is 32.2. The number of azide groups is 1. The van der Waals surface area contributed by atoms with Crippen molar-refractivity contribution in [2.45, 2.75) is 24.3 Å². The molecule has 0 fully saturated rings. The van der Waals surface area contributed by atoms with Crippen LogP contribution in [0.25, 0.3) is 10.4 Å². The zero-order chi connectivity index (χ0) is 13.8. The summed E-state index contributed by atoms with van der Waals surface area (Å²) in [4.78, 5) is 14.9. The lowest BCUT2D eigenvalue weighted by molar-refractivity contribution is 0.0691. The zero-order valence-corrected chi connectivity index (χ0v) is 11.2. The maximum Gasteiger partial charge on any atom is 0.339 e. The van der Waals surface area contributed by atoms with Gasteiger partial charge in [-0.1, -0.05) is 12.0 Å². The van der Waals surface area contributed by atoms with Crippen LogP contribution in [0.3, 0.4) is 0 Å². The Morgan fingerprint density at radius 3 is 3.11 bits per heavy atom. The average Bonchev–Trinajstić information content (AvgIpc) is 2.62. The van der Waals surface area contributed by atoms with E-state index in [1.54, 1.807) is 18.7 Å². The minimum atomic E-state index is -1.03. The van der Waals surface area contributed by atoms with Gasteiger partial charge in [0.05, 0.1) is 17.5 Å². The van der Waals surface area contributed by atoms with Gasteiger partial charge in [0, 0.05) is 10.7 Å². The normalized spacial score (nSPS) is 15.4. The third-order valence-corrected chi connectivity index (χ3v) is 3.91. The number of hydrogen-bond donors (Lipinski definition) is 1. The number of aromatic carboxylic acids is 1. The van der Waals surface area contributed by atoms with E-state index in [1.165, 1.54) is 6.07 Å². The highest BCUT2D eigenvalue weighted by Crippen LogP contribution is 2.38. The number of thioether (sulfide) groups is 1. The molecule has 1 aromatic carbocycles. The third kappa shape index (κ3) is 2.94. The van der Waals surface area contributed by atoms with Gasteiger partial charge in [0.25, 0.3) is 0 Å². The molecule has 1 N–H and O–H groups in total. The van der Waals surface area contributed by atoms with Crippen LogP contribution >= 0.6 is 11.8 Å². The van der Waals surface area contributed by atoms with Crippen molar-refractivity contribution in [3.63, 3.8) is 0 Å². The number of nitrogens with zero attached hydrogens (tertiary/aromatic N) is 3. The molecule has 1 heterocycles. The monoisotopic (exact) mass is 279 g/mol. The number of hydrogen-bond acceptors (Lipinski definition) is 4. The van der Waals surface area contributed by atoms with Crippen molar-refractivity contribution in [2.24, 2.45) is 5.11 Å². The summed E-state index contributed by atoms with van der Waals surface area (Å²) in [6, 6.07) is 2.96. The van der Waals surface area contributed by atoms with E-state index in [0.717, 1.165) is 17.1 Å². The maximum atomic E-state index is 11.3. The second-order valence-electron chi connectivity index (χ2n) is 4.13. The molecule has 7 heteroatoms. The van der Waals surface area contributed by atoms with Crippen molar-refractivity contribution in [1.82, 2.24) is 0 Å². The number of ether oxygens (including phenoxy) is 1. The van der Waals surface area contributed by atoms with Crippen LogP contribution in [0.4, 0.5) is 0 Å². The van der Waals surface area contributed by atoms with E-state index in [0.29, 0.717) is 17.9 Å². The molecule has 2 rings (SSSR count). The Kier molecular flexibility index (Phi) is 4.19. The van der Waals surface area contributed by atoms with Gasteiger partial charge in [-0.05, 0) is 29.6 Å². The minimum Gasteiger partial charge on any atom is -0.491 e. The van der Waals surface area contributed by atoms with Crippen LogP contribution in [0.15, 0.2) is 22.1 Å². The van der Waals surface area contributed by atoms with E-state index in [9.17, 15) is 9.90 Å². The second-order valence-corrected chi connectivity index (χ2v) is 5.27. The van der Waals surface area contributed by atoms with Gasteiger partial charge in [-0.3, -0.25) is 0 Å². The van der Waals surface area contributed by atoms with Crippen LogP contribution in [0.1, 0.15) is 35.3 Å². The molecule has 0 bridgehead atoms. The van der Waals surface area contributed by atoms with Gasteiger partial charge < -0.3 is 9.84 Å². The molecule has 0 spiro atoms. The molecule has 0 saturated carbocycles. The standard InChI is InChI=1S/C12H13N3O3S/c1-7(14-15-13)8-5-9(12(16)17)11-10(6-8)19-4-2-3-18-11/h5-7H,2-4H2,1H3,(H,16,17). The SMILES string of the molecule is CC(N=[N+]=[N-])c1cc2c(c(C(=O)O)c1)OCCCS2. The average molecular weight is 279 g/mol. The van der Waals surface area contributed by atoms with E-state index in [-0.39, 0.29) is 5.56 Å². The molecule has 0 saturated heterocycles. The van der Waals surface area contributed by atoms with Crippen molar-refractivity contribution in [3.05, 3.63) is 33.7 Å². The fourth-order valence-electron chi connectivity index (χ4n) is 1.84. The molecule has 0 aliphatic carbocycles. The quantitative estimate of drug-likeness (QED) is 0.519. The number of fused-ring (bicyclic) bond motifs is 1. The lowest BCUT2D eigenvalue weighted by Gasteiger charge is -2.14. The molecule has 0 amide bonds. The highest BCUT2D eigenvalue weighted by molar-refractivity contribution is 7.99. The Labute approximate surface area is 114 Å². The van der Waals surface area contributed by atoms with Gasteiger partial charge >= 0.3 is 5.97 Å². The van der Waals surface area contributed by atoms with Gasteiger partial charge in [-0.15, -0.1) is 11.8 Å². The van der Waals surface area contributed by atoms with E-state index < -0.39 is 12.0 Å². The number of rotatable bonds is 3. The van der Waals surface area contributed by atoms with Crippen molar-refractivity contribution < 1.29 is 14.6 Å². The molecule has 0 radical (unpaired) electrons. The smallest absolute Gasteiger partial charge is 0.339 e. The lowest BCUT2D eigenvalue weighted by Crippen LogP contribution is -2.06. The van der Waals surface area contributed by atoms with E-state index in [1.807, 2.05) is 6.07 Å². The lowest BCUT2D eigenvalue weighted by atomic mass is 10.0. The van der Waals surface area contributed by atoms with Crippen LogP contribution < -0.4 is 4.74 Å². The molecule has 1 aliphatic rings. The predicted molar refractivity (Wildman–Crippen MR) is 71.8 cm³/mol. The Bertz CT molecular complexity index is 555. The third-order valence-electron chi connectivity index (χ3n) is 2.81. The summed E-state index contributed by atoms with van der Waals surface area (Å²) in [5.74, 6) is 0.270. The van der Waals surface area contributed by atoms with Crippen molar-refractivity contribution in [2.75, 3.05) is 12.4 Å².